The van der Waals surface area contributed by atoms with Gasteiger partial charge in [0, 0.05) is 30.6 Å². The largest absolute Gasteiger partial charge is 0.334 e. The van der Waals surface area contributed by atoms with Crippen molar-refractivity contribution in [2.24, 2.45) is 0 Å². The van der Waals surface area contributed by atoms with Gasteiger partial charge in [-0.1, -0.05) is 0 Å². The molecule has 1 aliphatic heterocycles. The Kier molecular flexibility index (Phi) is 4.06. The molecule has 0 radical (unpaired) electrons. The second-order valence-corrected chi connectivity index (χ2v) is 6.73. The number of aromatic nitrogens is 3. The molecule has 2 aromatic rings. The van der Waals surface area contributed by atoms with Gasteiger partial charge in [0.25, 0.3) is 0 Å². The van der Waals surface area contributed by atoms with Gasteiger partial charge in [0.05, 0.1) is 11.7 Å². The van der Waals surface area contributed by atoms with E-state index in [0.717, 1.165) is 40.9 Å². The van der Waals surface area contributed by atoms with Gasteiger partial charge in [0.15, 0.2) is 5.13 Å². The normalized spacial score (nSPS) is 17.8. The second kappa shape index (κ2) is 6.00. The van der Waals surface area contributed by atoms with Gasteiger partial charge in [0.2, 0.25) is 5.91 Å². The van der Waals surface area contributed by atoms with Crippen LogP contribution in [-0.4, -0.2) is 32.3 Å². The molecule has 0 bridgehead atoms. The van der Waals surface area contributed by atoms with E-state index in [1.807, 2.05) is 31.0 Å². The van der Waals surface area contributed by atoms with Crippen LogP contribution in [0.25, 0.3) is 0 Å². The third-order valence-corrected chi connectivity index (χ3v) is 4.54. The number of nitrogens with one attached hydrogen (secondary N) is 1. The van der Waals surface area contributed by atoms with Crippen molar-refractivity contribution in [1.29, 1.82) is 0 Å². The number of hydrogen-bond donors (Lipinski definition) is 1. The maximum absolute atomic E-state index is 11.8. The number of carbonyl (C=O) groups is 1. The highest BCUT2D eigenvalue weighted by Crippen LogP contribution is 2.32. The van der Waals surface area contributed by atoms with Gasteiger partial charge in [-0.3, -0.25) is 4.79 Å². The van der Waals surface area contributed by atoms with Crippen LogP contribution in [0.4, 0.5) is 10.9 Å². The number of aryl methyl sites for hydroxylation is 2. The Morgan fingerprint density at radius 1 is 1.41 bits per heavy atom. The van der Waals surface area contributed by atoms with Gasteiger partial charge < -0.3 is 10.2 Å². The van der Waals surface area contributed by atoms with Crippen LogP contribution < -0.4 is 5.32 Å². The molecule has 0 unspecified atom stereocenters. The van der Waals surface area contributed by atoms with E-state index in [9.17, 15) is 4.79 Å². The monoisotopic (exact) mass is 317 g/mol. The van der Waals surface area contributed by atoms with Gasteiger partial charge in [-0.15, -0.1) is 11.3 Å². The highest BCUT2D eigenvalue weighted by molar-refractivity contribution is 7.15. The molecule has 22 heavy (non-hydrogen) atoms. The van der Waals surface area contributed by atoms with E-state index in [2.05, 4.69) is 20.3 Å². The van der Waals surface area contributed by atoms with Gasteiger partial charge in [-0.05, 0) is 26.7 Å². The van der Waals surface area contributed by atoms with E-state index in [-0.39, 0.29) is 11.9 Å². The fourth-order valence-corrected chi connectivity index (χ4v) is 3.47. The van der Waals surface area contributed by atoms with Crippen LogP contribution in [0.15, 0.2) is 12.3 Å². The molecule has 1 N–H and O–H groups in total. The SMILES string of the molecule is CC(=O)N1CCC[C@@H]1c1cc(Nc2ncc(C)s2)nc(C)n1. The van der Waals surface area contributed by atoms with E-state index >= 15 is 0 Å². The zero-order valence-electron chi connectivity index (χ0n) is 13.0. The first kappa shape index (κ1) is 14.9. The summed E-state index contributed by atoms with van der Waals surface area (Å²) in [5.41, 5.74) is 0.899. The molecule has 1 fully saturated rings. The van der Waals surface area contributed by atoms with Gasteiger partial charge in [-0.25, -0.2) is 15.0 Å². The van der Waals surface area contributed by atoms with Crippen molar-refractivity contribution < 1.29 is 4.79 Å². The van der Waals surface area contributed by atoms with Crippen LogP contribution in [0.3, 0.4) is 0 Å². The van der Waals surface area contributed by atoms with Crippen LogP contribution in [-0.2, 0) is 4.79 Å². The molecule has 1 amide bonds. The van der Waals surface area contributed by atoms with Gasteiger partial charge in [-0.2, -0.15) is 0 Å². The minimum atomic E-state index is 0.0535. The van der Waals surface area contributed by atoms with E-state index in [1.165, 1.54) is 0 Å². The zero-order valence-corrected chi connectivity index (χ0v) is 13.8. The lowest BCUT2D eigenvalue weighted by atomic mass is 10.1. The predicted octanol–water partition coefficient (Wildman–Crippen LogP) is 2.98. The maximum Gasteiger partial charge on any atom is 0.220 e. The number of rotatable bonds is 3. The van der Waals surface area contributed by atoms with Crippen molar-refractivity contribution in [3.05, 3.63) is 28.7 Å². The quantitative estimate of drug-likeness (QED) is 0.942. The average Bonchev–Trinajstić information content (AvgIpc) is 3.07. The summed E-state index contributed by atoms with van der Waals surface area (Å²) in [5, 5.41) is 4.04. The summed E-state index contributed by atoms with van der Waals surface area (Å²) in [6.45, 7) is 6.30. The first-order chi connectivity index (χ1) is 10.5. The number of amides is 1. The molecule has 0 saturated carbocycles. The molecular formula is C15H19N5OS. The first-order valence-electron chi connectivity index (χ1n) is 7.35. The Balaban J connectivity index is 1.88. The third kappa shape index (κ3) is 3.09. The third-order valence-electron chi connectivity index (χ3n) is 3.71. The molecule has 3 heterocycles. The summed E-state index contributed by atoms with van der Waals surface area (Å²) in [6, 6.07) is 1.98. The van der Waals surface area contributed by atoms with Crippen molar-refractivity contribution >= 4 is 28.2 Å². The van der Waals surface area contributed by atoms with Crippen LogP contribution in [0.2, 0.25) is 0 Å². The zero-order chi connectivity index (χ0) is 15.7. The fraction of sp³-hybridized carbons (Fsp3) is 0.467. The van der Waals surface area contributed by atoms with Crippen LogP contribution in [0, 0.1) is 13.8 Å². The number of carbonyl (C=O) groups excluding carboxylic acids is 1. The Labute approximate surface area is 133 Å². The van der Waals surface area contributed by atoms with E-state index < -0.39 is 0 Å². The lowest BCUT2D eigenvalue weighted by Gasteiger charge is -2.23. The molecule has 7 heteroatoms. The van der Waals surface area contributed by atoms with Crippen LogP contribution in [0.1, 0.15) is 42.2 Å². The Morgan fingerprint density at radius 2 is 2.23 bits per heavy atom. The maximum atomic E-state index is 11.8. The molecule has 2 aromatic heterocycles. The fourth-order valence-electron chi connectivity index (χ4n) is 2.80. The molecule has 116 valence electrons. The molecule has 0 spiro atoms. The summed E-state index contributed by atoms with van der Waals surface area (Å²) in [5.74, 6) is 1.53. The molecule has 1 saturated heterocycles. The number of thiazole rings is 1. The molecule has 6 nitrogen and oxygen atoms in total. The summed E-state index contributed by atoms with van der Waals surface area (Å²) in [6.07, 6.45) is 3.80. The van der Waals surface area contributed by atoms with Gasteiger partial charge >= 0.3 is 0 Å². The number of anilines is 2. The Morgan fingerprint density at radius 3 is 2.91 bits per heavy atom. The molecule has 0 aliphatic carbocycles. The topological polar surface area (TPSA) is 71.0 Å². The standard InChI is InChI=1S/C15H19N5OS/c1-9-8-16-15(22-9)19-14-7-12(17-10(2)18-14)13-5-4-6-20(13)11(3)21/h7-8,13H,4-6H2,1-3H3,(H,16,17,18,19)/t13-/m1/s1. The van der Waals surface area contributed by atoms with E-state index in [4.69, 9.17) is 0 Å². The molecule has 3 rings (SSSR count). The lowest BCUT2D eigenvalue weighted by Crippen LogP contribution is -2.28. The second-order valence-electron chi connectivity index (χ2n) is 5.50. The minimum Gasteiger partial charge on any atom is -0.334 e. The van der Waals surface area contributed by atoms with Crippen LogP contribution in [0.5, 0.6) is 0 Å². The minimum absolute atomic E-state index is 0.0535. The number of likely N-dealkylation sites (tertiary alicyclic amines) is 1. The average molecular weight is 317 g/mol. The smallest absolute Gasteiger partial charge is 0.220 e. The Bertz CT molecular complexity index is 699. The summed E-state index contributed by atoms with van der Waals surface area (Å²) in [4.78, 5) is 28.0. The van der Waals surface area contributed by atoms with Crippen molar-refractivity contribution in [1.82, 2.24) is 19.9 Å². The van der Waals surface area contributed by atoms with Crippen molar-refractivity contribution in [2.45, 2.75) is 39.7 Å². The lowest BCUT2D eigenvalue weighted by molar-refractivity contribution is -0.129. The molecular weight excluding hydrogens is 298 g/mol. The van der Waals surface area contributed by atoms with E-state index in [1.54, 1.807) is 18.3 Å². The summed E-state index contributed by atoms with van der Waals surface area (Å²) >= 11 is 1.58. The Hall–Kier alpha value is -2.02. The van der Waals surface area contributed by atoms with Crippen molar-refractivity contribution in [3.8, 4) is 0 Å². The number of hydrogen-bond acceptors (Lipinski definition) is 6. The molecule has 1 atom stereocenters. The molecule has 0 aromatic carbocycles. The summed E-state index contributed by atoms with van der Waals surface area (Å²) in [7, 11) is 0. The highest BCUT2D eigenvalue weighted by atomic mass is 32.1. The van der Waals surface area contributed by atoms with Crippen LogP contribution >= 0.6 is 11.3 Å². The molecule has 1 aliphatic rings. The first-order valence-corrected chi connectivity index (χ1v) is 8.17. The van der Waals surface area contributed by atoms with Crippen molar-refractivity contribution in [3.63, 3.8) is 0 Å². The van der Waals surface area contributed by atoms with Crippen molar-refractivity contribution in [2.75, 3.05) is 11.9 Å². The van der Waals surface area contributed by atoms with E-state index in [0.29, 0.717) is 5.82 Å². The van der Waals surface area contributed by atoms with Gasteiger partial charge in [0.1, 0.15) is 11.6 Å². The predicted molar refractivity (Wildman–Crippen MR) is 86.3 cm³/mol. The highest BCUT2D eigenvalue weighted by Gasteiger charge is 2.29. The number of nitrogens with zero attached hydrogens (tertiary/aromatic N) is 4. The summed E-state index contributed by atoms with van der Waals surface area (Å²) < 4.78 is 0.